The molecule has 0 amide bonds. The smallest absolute Gasteiger partial charge is 0.328 e. The molecule has 1 fully saturated rings. The molecule has 1 aliphatic carbocycles. The topological polar surface area (TPSA) is 95.9 Å². The van der Waals surface area contributed by atoms with Gasteiger partial charge in [-0.3, -0.25) is 0 Å². The summed E-state index contributed by atoms with van der Waals surface area (Å²) in [7, 11) is 1.76. The molecular formula is C24H27NO5. The maximum Gasteiger partial charge on any atom is 0.328 e. The van der Waals surface area contributed by atoms with Crippen LogP contribution in [0, 0.1) is 5.92 Å². The van der Waals surface area contributed by atoms with Gasteiger partial charge in [-0.1, -0.05) is 36.4 Å². The van der Waals surface area contributed by atoms with Crippen molar-refractivity contribution in [2.24, 2.45) is 5.92 Å². The molecule has 3 N–H and O–H groups in total. The lowest BCUT2D eigenvalue weighted by Crippen LogP contribution is -2.38. The van der Waals surface area contributed by atoms with E-state index in [0.717, 1.165) is 24.8 Å². The molecule has 0 bridgehead atoms. The molecule has 30 heavy (non-hydrogen) atoms. The molecule has 158 valence electrons. The lowest BCUT2D eigenvalue weighted by atomic mass is 9.66. The largest absolute Gasteiger partial charge is 0.497 e. The highest BCUT2D eigenvalue weighted by Crippen LogP contribution is 2.48. The Balaban J connectivity index is 0.000000275. The van der Waals surface area contributed by atoms with Crippen molar-refractivity contribution < 1.29 is 24.5 Å². The molecule has 0 saturated carbocycles. The first-order valence-electron chi connectivity index (χ1n) is 10.1. The highest BCUT2D eigenvalue weighted by molar-refractivity contribution is 5.89. The average Bonchev–Trinajstić information content (AvgIpc) is 2.77. The third kappa shape index (κ3) is 5.27. The summed E-state index contributed by atoms with van der Waals surface area (Å²) in [6.07, 6.45) is 3.67. The van der Waals surface area contributed by atoms with Crippen molar-refractivity contribution in [2.75, 3.05) is 20.2 Å². The van der Waals surface area contributed by atoms with Gasteiger partial charge in [0.25, 0.3) is 0 Å². The third-order valence-electron chi connectivity index (χ3n) is 5.80. The van der Waals surface area contributed by atoms with E-state index in [9.17, 15) is 9.59 Å². The molecule has 2 aliphatic rings. The lowest BCUT2D eigenvalue weighted by molar-refractivity contribution is -0.134. The van der Waals surface area contributed by atoms with Gasteiger partial charge in [-0.15, -0.1) is 0 Å². The van der Waals surface area contributed by atoms with Crippen molar-refractivity contribution in [3.8, 4) is 5.75 Å². The number of aliphatic carboxylic acids is 2. The first-order chi connectivity index (χ1) is 14.5. The summed E-state index contributed by atoms with van der Waals surface area (Å²) in [6.45, 7) is 2.26. The summed E-state index contributed by atoms with van der Waals surface area (Å²) in [5, 5.41) is 19.2. The standard InChI is InChI=1S/C20H23NO.C4H4O4/c1-22-16-7-8-17-18(14-5-3-2-4-6-14)11-15-9-10-21-13-20(15)19(17)12-16;5-3(6)1-2-4(7)8/h2-8,12,15,18,20-21H,9-11,13H2,1H3;1-2H,(H,5,6)(H,7,8)/b;2-1-. The fraction of sp³-hybridized carbons (Fsp3) is 0.333. The van der Waals surface area contributed by atoms with E-state index in [4.69, 9.17) is 14.9 Å². The minimum Gasteiger partial charge on any atom is -0.497 e. The van der Waals surface area contributed by atoms with Crippen molar-refractivity contribution in [1.29, 1.82) is 0 Å². The van der Waals surface area contributed by atoms with Gasteiger partial charge in [0.05, 0.1) is 7.11 Å². The van der Waals surface area contributed by atoms with Crippen molar-refractivity contribution >= 4 is 11.9 Å². The number of carbonyl (C=O) groups is 2. The summed E-state index contributed by atoms with van der Waals surface area (Å²) in [6, 6.07) is 17.7. The molecule has 3 atom stereocenters. The number of hydrogen-bond acceptors (Lipinski definition) is 4. The van der Waals surface area contributed by atoms with Crippen molar-refractivity contribution in [2.45, 2.75) is 24.7 Å². The first kappa shape index (κ1) is 21.6. The van der Waals surface area contributed by atoms with Gasteiger partial charge in [-0.25, -0.2) is 9.59 Å². The van der Waals surface area contributed by atoms with Crippen LogP contribution in [0.3, 0.4) is 0 Å². The van der Waals surface area contributed by atoms with E-state index in [1.807, 2.05) is 0 Å². The van der Waals surface area contributed by atoms with Crippen LogP contribution >= 0.6 is 0 Å². The van der Waals surface area contributed by atoms with Crippen LogP contribution in [0.4, 0.5) is 0 Å². The average molecular weight is 409 g/mol. The molecule has 1 heterocycles. The number of fused-ring (bicyclic) bond motifs is 3. The van der Waals surface area contributed by atoms with Crippen molar-refractivity contribution in [1.82, 2.24) is 5.32 Å². The van der Waals surface area contributed by atoms with E-state index < -0.39 is 11.9 Å². The molecular weight excluding hydrogens is 382 g/mol. The second-order valence-corrected chi connectivity index (χ2v) is 7.56. The SMILES string of the molecule is COc1ccc2c(c1)C1CNCCC1CC2c1ccccc1.O=C(O)/C=C\C(=O)O. The minimum absolute atomic E-state index is 0.529. The van der Waals surface area contributed by atoms with Crippen LogP contribution in [0.2, 0.25) is 0 Å². The number of benzene rings is 2. The van der Waals surface area contributed by atoms with Crippen LogP contribution < -0.4 is 10.1 Å². The van der Waals surface area contributed by atoms with Gasteiger partial charge in [0.2, 0.25) is 0 Å². The molecule has 1 saturated heterocycles. The second kappa shape index (κ2) is 10.1. The Morgan fingerprint density at radius 3 is 2.37 bits per heavy atom. The summed E-state index contributed by atoms with van der Waals surface area (Å²) >= 11 is 0. The number of nitrogens with one attached hydrogen (secondary N) is 1. The van der Waals surface area contributed by atoms with E-state index in [1.165, 1.54) is 29.5 Å². The monoisotopic (exact) mass is 409 g/mol. The van der Waals surface area contributed by atoms with Crippen molar-refractivity contribution in [3.05, 3.63) is 77.4 Å². The summed E-state index contributed by atoms with van der Waals surface area (Å²) in [4.78, 5) is 19.1. The van der Waals surface area contributed by atoms with Crippen LogP contribution in [0.5, 0.6) is 5.75 Å². The predicted molar refractivity (Wildman–Crippen MR) is 114 cm³/mol. The van der Waals surface area contributed by atoms with E-state index in [0.29, 0.717) is 24.0 Å². The number of piperidine rings is 1. The second-order valence-electron chi connectivity index (χ2n) is 7.56. The molecule has 0 spiro atoms. The van der Waals surface area contributed by atoms with Gasteiger partial charge in [-0.05, 0) is 60.0 Å². The molecule has 3 unspecified atom stereocenters. The lowest BCUT2D eigenvalue weighted by Gasteiger charge is -2.41. The summed E-state index contributed by atoms with van der Waals surface area (Å²) < 4.78 is 5.48. The highest BCUT2D eigenvalue weighted by Gasteiger charge is 2.36. The molecule has 2 aromatic carbocycles. The van der Waals surface area contributed by atoms with Crippen LogP contribution in [-0.2, 0) is 9.59 Å². The molecule has 0 aromatic heterocycles. The van der Waals surface area contributed by atoms with Gasteiger partial charge in [-0.2, -0.15) is 0 Å². The first-order valence-corrected chi connectivity index (χ1v) is 10.1. The zero-order valence-corrected chi connectivity index (χ0v) is 17.0. The highest BCUT2D eigenvalue weighted by atomic mass is 16.5. The molecule has 2 aromatic rings. The minimum atomic E-state index is -1.26. The molecule has 6 heteroatoms. The van der Waals surface area contributed by atoms with Crippen LogP contribution in [0.15, 0.2) is 60.7 Å². The number of hydrogen-bond donors (Lipinski definition) is 3. The molecule has 6 nitrogen and oxygen atoms in total. The summed E-state index contributed by atoms with van der Waals surface area (Å²) in [5.74, 6) is 0.419. The van der Waals surface area contributed by atoms with E-state index >= 15 is 0 Å². The van der Waals surface area contributed by atoms with Gasteiger partial charge in [0.15, 0.2) is 0 Å². The Kier molecular flexibility index (Phi) is 7.25. The number of ether oxygens (including phenoxy) is 1. The number of methoxy groups -OCH3 is 1. The normalized spacial score (nSPS) is 22.2. The van der Waals surface area contributed by atoms with Crippen molar-refractivity contribution in [3.63, 3.8) is 0 Å². The maximum absolute atomic E-state index is 9.55. The number of carboxylic acids is 2. The molecule has 0 radical (unpaired) electrons. The van der Waals surface area contributed by atoms with E-state index in [-0.39, 0.29) is 0 Å². The zero-order valence-electron chi connectivity index (χ0n) is 17.0. The Morgan fingerprint density at radius 2 is 1.73 bits per heavy atom. The maximum atomic E-state index is 9.55. The third-order valence-corrected chi connectivity index (χ3v) is 5.80. The zero-order chi connectivity index (χ0) is 21.5. The van der Waals surface area contributed by atoms with Gasteiger partial charge >= 0.3 is 11.9 Å². The van der Waals surface area contributed by atoms with Crippen LogP contribution in [0.1, 0.15) is 41.4 Å². The fourth-order valence-corrected chi connectivity index (χ4v) is 4.45. The molecule has 1 aliphatic heterocycles. The van der Waals surface area contributed by atoms with Gasteiger partial charge in [0.1, 0.15) is 5.75 Å². The van der Waals surface area contributed by atoms with E-state index in [1.54, 1.807) is 7.11 Å². The quantitative estimate of drug-likeness (QED) is 0.668. The Hall–Kier alpha value is -3.12. The van der Waals surface area contributed by atoms with E-state index in [2.05, 4.69) is 53.8 Å². The number of carboxylic acid groups (broad SMARTS) is 2. The summed E-state index contributed by atoms with van der Waals surface area (Å²) in [5.41, 5.74) is 4.44. The van der Waals surface area contributed by atoms with Gasteiger partial charge in [0, 0.05) is 24.6 Å². The van der Waals surface area contributed by atoms with Gasteiger partial charge < -0.3 is 20.3 Å². The molecule has 4 rings (SSSR count). The predicted octanol–water partition coefficient (Wildman–Crippen LogP) is 3.64. The Morgan fingerprint density at radius 1 is 1.03 bits per heavy atom. The Labute approximate surface area is 176 Å². The van der Waals surface area contributed by atoms with Crippen LogP contribution in [-0.4, -0.2) is 42.4 Å². The number of rotatable bonds is 4. The Bertz CT molecular complexity index is 893. The fourth-order valence-electron chi connectivity index (χ4n) is 4.45. The van der Waals surface area contributed by atoms with Crippen LogP contribution in [0.25, 0.3) is 0 Å².